The number of nitro groups is 1. The molecule has 6 nitrogen and oxygen atoms in total. The summed E-state index contributed by atoms with van der Waals surface area (Å²) in [7, 11) is 0. The molecular formula is C7H4NO5-. The van der Waals surface area contributed by atoms with Crippen molar-refractivity contribution in [2.45, 2.75) is 0 Å². The van der Waals surface area contributed by atoms with Gasteiger partial charge in [-0.2, -0.15) is 0 Å². The third-order valence-corrected chi connectivity index (χ3v) is 1.43. The van der Waals surface area contributed by atoms with E-state index in [2.05, 4.69) is 0 Å². The van der Waals surface area contributed by atoms with Crippen LogP contribution in [0.5, 0.6) is 11.5 Å². The summed E-state index contributed by atoms with van der Waals surface area (Å²) in [6, 6.07) is 1.38. The minimum atomic E-state index is -0.923. The maximum Gasteiger partial charge on any atom is 0.262 e. The number of phenolic OH excluding ortho intramolecular Hbond substituents is 1. The van der Waals surface area contributed by atoms with Gasteiger partial charge in [-0.15, -0.1) is 0 Å². The molecule has 0 bridgehead atoms. The fraction of sp³-hybridized carbons (Fsp3) is 0. The Balaban J connectivity index is 3.38. The second-order valence-corrected chi connectivity index (χ2v) is 2.25. The van der Waals surface area contributed by atoms with Gasteiger partial charge in [0.15, 0.2) is 6.29 Å². The van der Waals surface area contributed by atoms with Crippen molar-refractivity contribution >= 4 is 12.0 Å². The molecule has 68 valence electrons. The lowest BCUT2D eigenvalue weighted by molar-refractivity contribution is -0.398. The van der Waals surface area contributed by atoms with Crippen molar-refractivity contribution in [2.75, 3.05) is 0 Å². The Bertz CT molecular complexity index is 373. The van der Waals surface area contributed by atoms with Crippen LogP contribution < -0.4 is 5.11 Å². The van der Waals surface area contributed by atoms with Crippen LogP contribution in [0.3, 0.4) is 0 Å². The molecule has 0 aliphatic heterocycles. The number of carbonyl (C=O) groups is 1. The van der Waals surface area contributed by atoms with Crippen LogP contribution >= 0.6 is 0 Å². The van der Waals surface area contributed by atoms with E-state index in [0.29, 0.717) is 6.07 Å². The van der Waals surface area contributed by atoms with Gasteiger partial charge in [0, 0.05) is 6.07 Å². The number of aromatic hydroxyl groups is 1. The number of nitro benzene ring substituents is 1. The van der Waals surface area contributed by atoms with Crippen molar-refractivity contribution in [3.8, 4) is 11.5 Å². The summed E-state index contributed by atoms with van der Waals surface area (Å²) < 4.78 is 0. The second-order valence-electron chi connectivity index (χ2n) is 2.25. The Morgan fingerprint density at radius 1 is 1.46 bits per heavy atom. The van der Waals surface area contributed by atoms with E-state index in [-0.39, 0.29) is 11.8 Å². The first-order valence-corrected chi connectivity index (χ1v) is 3.20. The molecule has 0 fully saturated rings. The standard InChI is InChI=1S/C7H5NO5/c9-3-4-1-5(8(12)13)7(11)2-6(4)10/h1-3,10-11H/p-1. The highest BCUT2D eigenvalue weighted by atomic mass is 16.6. The minimum Gasteiger partial charge on any atom is -0.868 e. The van der Waals surface area contributed by atoms with E-state index >= 15 is 0 Å². The van der Waals surface area contributed by atoms with Crippen LogP contribution in [0.2, 0.25) is 0 Å². The van der Waals surface area contributed by atoms with Crippen molar-refractivity contribution in [2.24, 2.45) is 0 Å². The number of hydrogen-bond acceptors (Lipinski definition) is 5. The topological polar surface area (TPSA) is 104 Å². The maximum atomic E-state index is 10.8. The SMILES string of the molecule is O=Cc1cc([N+](=O)[O-])c([O-])cc1O. The van der Waals surface area contributed by atoms with E-state index in [1.165, 1.54) is 0 Å². The Hall–Kier alpha value is -2.11. The molecule has 0 aliphatic rings. The highest BCUT2D eigenvalue weighted by Gasteiger charge is 2.11. The first kappa shape index (κ1) is 8.98. The molecule has 0 heterocycles. The van der Waals surface area contributed by atoms with Gasteiger partial charge in [-0.1, -0.05) is 0 Å². The molecule has 0 saturated heterocycles. The summed E-state index contributed by atoms with van der Waals surface area (Å²) in [6.45, 7) is 0. The third kappa shape index (κ3) is 1.56. The number of hydrogen-bond donors (Lipinski definition) is 1. The molecule has 1 rings (SSSR count). The Labute approximate surface area is 72.2 Å². The number of phenols is 1. The summed E-state index contributed by atoms with van der Waals surface area (Å²) >= 11 is 0. The summed E-state index contributed by atoms with van der Waals surface area (Å²) in [5.41, 5.74) is -0.994. The fourth-order valence-corrected chi connectivity index (χ4v) is 0.811. The average Bonchev–Trinajstić information content (AvgIpc) is 2.03. The van der Waals surface area contributed by atoms with E-state index in [9.17, 15) is 20.0 Å². The molecule has 0 spiro atoms. The largest absolute Gasteiger partial charge is 0.868 e. The Kier molecular flexibility index (Phi) is 2.14. The van der Waals surface area contributed by atoms with Gasteiger partial charge < -0.3 is 10.2 Å². The molecule has 6 heteroatoms. The lowest BCUT2D eigenvalue weighted by Gasteiger charge is -2.07. The molecule has 1 N–H and O–H groups in total. The van der Waals surface area contributed by atoms with Gasteiger partial charge in [-0.25, -0.2) is 0 Å². The van der Waals surface area contributed by atoms with E-state index in [0.717, 1.165) is 6.07 Å². The number of nitrogens with zero attached hydrogens (tertiary/aromatic N) is 1. The van der Waals surface area contributed by atoms with Gasteiger partial charge in [0.1, 0.15) is 5.75 Å². The summed E-state index contributed by atoms with van der Waals surface area (Å²) in [5.74, 6) is -1.47. The van der Waals surface area contributed by atoms with Crippen LogP contribution in [0.15, 0.2) is 12.1 Å². The van der Waals surface area contributed by atoms with Gasteiger partial charge in [-0.3, -0.25) is 14.9 Å². The van der Waals surface area contributed by atoms with E-state index in [1.807, 2.05) is 0 Å². The van der Waals surface area contributed by atoms with Crippen molar-refractivity contribution < 1.29 is 19.9 Å². The highest BCUT2D eigenvalue weighted by molar-refractivity contribution is 5.81. The lowest BCUT2D eigenvalue weighted by Crippen LogP contribution is -1.98. The summed E-state index contributed by atoms with van der Waals surface area (Å²) in [4.78, 5) is 19.5. The molecule has 0 atom stereocenters. The maximum absolute atomic E-state index is 10.8. The monoisotopic (exact) mass is 182 g/mol. The van der Waals surface area contributed by atoms with Gasteiger partial charge >= 0.3 is 0 Å². The zero-order valence-corrected chi connectivity index (χ0v) is 6.26. The first-order chi connectivity index (χ1) is 6.06. The molecule has 0 radical (unpaired) electrons. The number of carbonyl (C=O) groups excluding carboxylic acids is 1. The van der Waals surface area contributed by atoms with E-state index in [4.69, 9.17) is 5.11 Å². The average molecular weight is 182 g/mol. The van der Waals surface area contributed by atoms with Crippen molar-refractivity contribution in [3.05, 3.63) is 27.8 Å². The van der Waals surface area contributed by atoms with Gasteiger partial charge in [0.05, 0.1) is 10.5 Å². The highest BCUT2D eigenvalue weighted by Crippen LogP contribution is 2.29. The molecule has 0 unspecified atom stereocenters. The minimum absolute atomic E-state index is 0.238. The van der Waals surface area contributed by atoms with Crippen LogP contribution in [0.25, 0.3) is 0 Å². The molecule has 0 aromatic heterocycles. The molecule has 0 aliphatic carbocycles. The molecule has 1 aromatic rings. The van der Waals surface area contributed by atoms with E-state index in [1.54, 1.807) is 0 Å². The van der Waals surface area contributed by atoms with E-state index < -0.39 is 22.1 Å². The zero-order valence-electron chi connectivity index (χ0n) is 6.26. The number of benzene rings is 1. The Morgan fingerprint density at radius 3 is 2.54 bits per heavy atom. The normalized spacial score (nSPS) is 9.54. The quantitative estimate of drug-likeness (QED) is 0.399. The number of rotatable bonds is 2. The second kappa shape index (κ2) is 3.10. The third-order valence-electron chi connectivity index (χ3n) is 1.43. The van der Waals surface area contributed by atoms with Gasteiger partial charge in [0.25, 0.3) is 5.69 Å². The molecule has 13 heavy (non-hydrogen) atoms. The van der Waals surface area contributed by atoms with Crippen molar-refractivity contribution in [1.82, 2.24) is 0 Å². The van der Waals surface area contributed by atoms with Gasteiger partial charge in [-0.05, 0) is 11.8 Å². The predicted molar refractivity (Wildman–Crippen MR) is 39.6 cm³/mol. The summed E-state index contributed by atoms with van der Waals surface area (Å²) in [5, 5.41) is 30.0. The predicted octanol–water partition coefficient (Wildman–Crippen LogP) is 0.186. The first-order valence-electron chi connectivity index (χ1n) is 3.20. The Morgan fingerprint density at radius 2 is 2.08 bits per heavy atom. The molecule has 1 aromatic carbocycles. The molecule has 0 saturated carbocycles. The van der Waals surface area contributed by atoms with Crippen LogP contribution in [0.4, 0.5) is 5.69 Å². The smallest absolute Gasteiger partial charge is 0.262 e. The van der Waals surface area contributed by atoms with Crippen LogP contribution in [0, 0.1) is 10.1 Å². The van der Waals surface area contributed by atoms with Crippen LogP contribution in [-0.4, -0.2) is 16.3 Å². The van der Waals surface area contributed by atoms with Crippen LogP contribution in [0.1, 0.15) is 10.4 Å². The molecular weight excluding hydrogens is 178 g/mol. The number of aldehydes is 1. The van der Waals surface area contributed by atoms with Crippen molar-refractivity contribution in [1.29, 1.82) is 0 Å². The van der Waals surface area contributed by atoms with Crippen molar-refractivity contribution in [3.63, 3.8) is 0 Å². The van der Waals surface area contributed by atoms with Gasteiger partial charge in [0.2, 0.25) is 0 Å². The fourth-order valence-electron chi connectivity index (χ4n) is 0.811. The molecule has 0 amide bonds. The zero-order chi connectivity index (χ0) is 10.0. The summed E-state index contributed by atoms with van der Waals surface area (Å²) in [6.07, 6.45) is 0.238. The lowest BCUT2D eigenvalue weighted by atomic mass is 10.2. The van der Waals surface area contributed by atoms with Crippen LogP contribution in [-0.2, 0) is 0 Å².